The van der Waals surface area contributed by atoms with Crippen LogP contribution in [-0.2, 0) is 15.9 Å². The van der Waals surface area contributed by atoms with Crippen molar-refractivity contribution in [3.8, 4) is 11.5 Å². The number of aliphatic hydroxyl groups excluding tert-OH is 8. The van der Waals surface area contributed by atoms with Crippen LogP contribution in [-0.4, -0.2) is 115 Å². The fourth-order valence-corrected chi connectivity index (χ4v) is 6.39. The fourth-order valence-electron chi connectivity index (χ4n) is 6.39. The Bertz CT molecular complexity index is 1110. The normalized spacial score (nSPS) is 37.2. The third kappa shape index (κ3) is 7.90. The van der Waals surface area contributed by atoms with E-state index in [2.05, 4.69) is 19.6 Å². The number of aryl methyl sites for hydroxylation is 1. The molecule has 4 rings (SSSR count). The molecular formula is C33H50O12. The van der Waals surface area contributed by atoms with Crippen molar-refractivity contribution >= 4 is 0 Å². The van der Waals surface area contributed by atoms with Crippen LogP contribution in [0, 0.1) is 5.92 Å². The predicted molar refractivity (Wildman–Crippen MR) is 162 cm³/mol. The van der Waals surface area contributed by atoms with E-state index in [1.165, 1.54) is 0 Å². The summed E-state index contributed by atoms with van der Waals surface area (Å²) in [6.07, 6.45) is -7.97. The summed E-state index contributed by atoms with van der Waals surface area (Å²) < 4.78 is 24.1. The Hall–Kier alpha value is -2.10. The molecule has 0 radical (unpaired) electrons. The molecule has 2 fully saturated rings. The number of unbranched alkanes of at least 4 members (excludes halogenated alkanes) is 2. The lowest BCUT2D eigenvalue weighted by Gasteiger charge is -2.41. The lowest BCUT2D eigenvalue weighted by molar-refractivity contribution is -0.279. The van der Waals surface area contributed by atoms with Crippen LogP contribution in [0.25, 0.3) is 0 Å². The summed E-state index contributed by atoms with van der Waals surface area (Å²) in [7, 11) is 0. The lowest BCUT2D eigenvalue weighted by Crippen LogP contribution is -2.60. The standard InChI is InChI=1S/C33H50O12/c1-5-6-7-8-18-12-21(42-32-30(40)28(38)26(36)23(14-34)44-32)25(20-11-17(4)9-10-19(20)16(2)3)22(13-18)43-33-31(41)29(39)27(37)24(15-35)45-33/h11-13,19-20,23-24,26-41H,2,5-10,14-15H2,1,3-4H3/t19?,20?,23-,24-,26-,27-,28+,29+,30-,31-,32-,33-/m1/s1. The van der Waals surface area contributed by atoms with Gasteiger partial charge in [-0.15, -0.1) is 0 Å². The maximum Gasteiger partial charge on any atom is 0.229 e. The van der Waals surface area contributed by atoms with Crippen molar-refractivity contribution in [2.45, 2.75) is 127 Å². The van der Waals surface area contributed by atoms with E-state index in [1.807, 2.05) is 13.8 Å². The monoisotopic (exact) mass is 638 g/mol. The zero-order chi connectivity index (χ0) is 33.0. The van der Waals surface area contributed by atoms with Crippen molar-refractivity contribution in [1.82, 2.24) is 0 Å². The van der Waals surface area contributed by atoms with E-state index in [4.69, 9.17) is 18.9 Å². The topological polar surface area (TPSA) is 199 Å². The summed E-state index contributed by atoms with van der Waals surface area (Å²) >= 11 is 0. The SMILES string of the molecule is C=C(C)C1CCC(C)=CC1c1c(O[C@@H]2O[C@H](CO)[C@@H](O)[C@H](O)[C@H]2O)cc(CCCCC)cc1O[C@@H]1O[C@H](CO)[C@@H](O)[C@H](O)[C@H]1O. The fraction of sp³-hybridized carbons (Fsp3) is 0.697. The Balaban J connectivity index is 1.86. The molecule has 2 unspecified atom stereocenters. The Morgan fingerprint density at radius 2 is 1.33 bits per heavy atom. The van der Waals surface area contributed by atoms with Gasteiger partial charge in [0.15, 0.2) is 0 Å². The van der Waals surface area contributed by atoms with Gasteiger partial charge in [-0.3, -0.25) is 0 Å². The van der Waals surface area contributed by atoms with Crippen LogP contribution in [0.2, 0.25) is 0 Å². The van der Waals surface area contributed by atoms with Crippen molar-refractivity contribution in [3.63, 3.8) is 0 Å². The van der Waals surface area contributed by atoms with Gasteiger partial charge in [-0.2, -0.15) is 0 Å². The van der Waals surface area contributed by atoms with Crippen LogP contribution in [0.15, 0.2) is 35.9 Å². The molecule has 0 aromatic heterocycles. The van der Waals surface area contributed by atoms with Crippen molar-refractivity contribution in [1.29, 1.82) is 0 Å². The number of aliphatic hydroxyl groups is 8. The molecule has 1 aromatic rings. The number of rotatable bonds is 12. The maximum atomic E-state index is 10.9. The van der Waals surface area contributed by atoms with Gasteiger partial charge in [0, 0.05) is 11.5 Å². The van der Waals surface area contributed by atoms with Crippen molar-refractivity contribution in [2.24, 2.45) is 5.92 Å². The molecule has 1 aromatic carbocycles. The molecule has 12 heteroatoms. The zero-order valence-corrected chi connectivity index (χ0v) is 26.2. The van der Waals surface area contributed by atoms with Gasteiger partial charge in [0.2, 0.25) is 12.6 Å². The molecule has 2 heterocycles. The van der Waals surface area contributed by atoms with E-state index in [-0.39, 0.29) is 23.3 Å². The molecule has 2 saturated heterocycles. The van der Waals surface area contributed by atoms with Gasteiger partial charge in [0.1, 0.15) is 60.3 Å². The van der Waals surface area contributed by atoms with Crippen molar-refractivity contribution in [3.05, 3.63) is 47.1 Å². The van der Waals surface area contributed by atoms with E-state index < -0.39 is 74.6 Å². The third-order valence-electron chi connectivity index (χ3n) is 9.13. The average molecular weight is 639 g/mol. The molecule has 12 nitrogen and oxygen atoms in total. The van der Waals surface area contributed by atoms with Crippen molar-refractivity contribution in [2.75, 3.05) is 13.2 Å². The van der Waals surface area contributed by atoms with Crippen LogP contribution in [0.3, 0.4) is 0 Å². The first kappa shape index (κ1) is 35.7. The largest absolute Gasteiger partial charge is 0.462 e. The minimum atomic E-state index is -1.66. The second-order valence-corrected chi connectivity index (χ2v) is 12.6. The molecule has 1 aliphatic carbocycles. The van der Waals surface area contributed by atoms with Crippen LogP contribution in [0.4, 0.5) is 0 Å². The Morgan fingerprint density at radius 3 is 1.78 bits per heavy atom. The van der Waals surface area contributed by atoms with Gasteiger partial charge in [-0.25, -0.2) is 0 Å². The number of ether oxygens (including phenoxy) is 4. The maximum absolute atomic E-state index is 10.9. The predicted octanol–water partition coefficient (Wildman–Crippen LogP) is 0.793. The number of benzene rings is 1. The van der Waals surface area contributed by atoms with E-state index in [0.29, 0.717) is 12.0 Å². The van der Waals surface area contributed by atoms with Crippen LogP contribution in [0.1, 0.15) is 69.9 Å². The van der Waals surface area contributed by atoms with E-state index >= 15 is 0 Å². The highest BCUT2D eigenvalue weighted by Crippen LogP contribution is 2.48. The summed E-state index contributed by atoms with van der Waals surface area (Å²) in [6, 6.07) is 3.61. The molecule has 2 aliphatic heterocycles. The minimum absolute atomic E-state index is 0.0612. The summed E-state index contributed by atoms with van der Waals surface area (Å²) in [5.41, 5.74) is 3.32. The van der Waals surface area contributed by atoms with E-state index in [9.17, 15) is 40.9 Å². The molecule has 3 aliphatic rings. The van der Waals surface area contributed by atoms with Crippen molar-refractivity contribution < 1.29 is 59.8 Å². The molecule has 0 bridgehead atoms. The first-order chi connectivity index (χ1) is 21.4. The van der Waals surface area contributed by atoms with Gasteiger partial charge in [0.25, 0.3) is 0 Å². The first-order valence-corrected chi connectivity index (χ1v) is 15.9. The highest BCUT2D eigenvalue weighted by atomic mass is 16.7. The van der Waals surface area contributed by atoms with E-state index in [0.717, 1.165) is 48.8 Å². The number of hydrogen-bond donors (Lipinski definition) is 8. The molecular weight excluding hydrogens is 588 g/mol. The Labute approximate surface area is 264 Å². The number of allylic oxidation sites excluding steroid dienone is 3. The molecule has 0 saturated carbocycles. The summed E-state index contributed by atoms with van der Waals surface area (Å²) in [6.45, 7) is 9.00. The molecule has 8 N–H and O–H groups in total. The first-order valence-electron chi connectivity index (χ1n) is 15.9. The Morgan fingerprint density at radius 1 is 0.822 bits per heavy atom. The summed E-state index contributed by atoms with van der Waals surface area (Å²) in [5.74, 6) is 0.0693. The molecule has 45 heavy (non-hydrogen) atoms. The molecule has 0 spiro atoms. The Kier molecular flexibility index (Phi) is 12.4. The van der Waals surface area contributed by atoms with E-state index in [1.54, 1.807) is 12.1 Å². The highest BCUT2D eigenvalue weighted by Gasteiger charge is 2.47. The highest BCUT2D eigenvalue weighted by molar-refractivity contribution is 5.53. The summed E-state index contributed by atoms with van der Waals surface area (Å²) in [5, 5.41) is 82.9. The third-order valence-corrected chi connectivity index (χ3v) is 9.13. The van der Waals surface area contributed by atoms with Crippen LogP contribution >= 0.6 is 0 Å². The molecule has 254 valence electrons. The lowest BCUT2D eigenvalue weighted by atomic mass is 9.73. The smallest absolute Gasteiger partial charge is 0.229 e. The van der Waals surface area contributed by atoms with Gasteiger partial charge in [-0.05, 0) is 63.1 Å². The zero-order valence-electron chi connectivity index (χ0n) is 26.2. The minimum Gasteiger partial charge on any atom is -0.462 e. The summed E-state index contributed by atoms with van der Waals surface area (Å²) in [4.78, 5) is 0. The second kappa shape index (κ2) is 15.7. The van der Waals surface area contributed by atoms with Gasteiger partial charge in [0.05, 0.1) is 13.2 Å². The van der Waals surface area contributed by atoms with Gasteiger partial charge in [-0.1, -0.05) is 43.6 Å². The van der Waals surface area contributed by atoms with Crippen LogP contribution in [0.5, 0.6) is 11.5 Å². The number of hydrogen-bond acceptors (Lipinski definition) is 12. The van der Waals surface area contributed by atoms with Crippen LogP contribution < -0.4 is 9.47 Å². The quantitative estimate of drug-likeness (QED) is 0.119. The van der Waals surface area contributed by atoms with Gasteiger partial charge < -0.3 is 59.8 Å². The average Bonchev–Trinajstić information content (AvgIpc) is 3.01. The second-order valence-electron chi connectivity index (χ2n) is 12.6. The molecule has 0 amide bonds. The molecule has 12 atom stereocenters. The van der Waals surface area contributed by atoms with Gasteiger partial charge >= 0.3 is 0 Å².